The van der Waals surface area contributed by atoms with E-state index in [-0.39, 0.29) is 35.7 Å². The van der Waals surface area contributed by atoms with Crippen LogP contribution in [0.2, 0.25) is 0 Å². The monoisotopic (exact) mass is 588 g/mol. The first-order valence-electron chi connectivity index (χ1n) is 13.0. The second-order valence-electron chi connectivity index (χ2n) is 11.6. The van der Waals surface area contributed by atoms with Crippen molar-refractivity contribution >= 4 is 28.9 Å². The summed E-state index contributed by atoms with van der Waals surface area (Å²) in [6.45, 7) is 11.0. The van der Waals surface area contributed by atoms with E-state index in [0.29, 0.717) is 16.2 Å². The fourth-order valence-corrected chi connectivity index (χ4v) is 4.64. The van der Waals surface area contributed by atoms with Crippen LogP contribution in [0.3, 0.4) is 0 Å². The first-order chi connectivity index (χ1) is 19.4. The number of methoxy groups -OCH3 is 1. The van der Waals surface area contributed by atoms with Crippen molar-refractivity contribution < 1.29 is 41.7 Å². The van der Waals surface area contributed by atoms with Crippen LogP contribution in [-0.4, -0.2) is 46.7 Å². The van der Waals surface area contributed by atoms with Gasteiger partial charge in [-0.15, -0.1) is 0 Å². The van der Waals surface area contributed by atoms with Crippen LogP contribution in [0.4, 0.5) is 28.6 Å². The molecule has 42 heavy (non-hydrogen) atoms. The Balaban J connectivity index is 2.28. The standard InChI is InChI=1S/C29H31F3N4O6/c1-15-18(10-9-11-19(15)39-8)35-21-20(23(29(30,31)32)34-17-12-13-40-22(17)21)16(14-33)24(35)36(25(37)41-27(2,3)4)26(38)42-28(5,6)7/h9-11H,12-13H2,1-8H3. The number of fused-ring (bicyclic) bond motifs is 3. The molecule has 1 aliphatic heterocycles. The predicted octanol–water partition coefficient (Wildman–Crippen LogP) is 6.84. The summed E-state index contributed by atoms with van der Waals surface area (Å²) in [4.78, 5) is 31.7. The number of rotatable bonds is 3. The van der Waals surface area contributed by atoms with Crippen LogP contribution in [0.1, 0.15) is 64.1 Å². The second kappa shape index (κ2) is 10.4. The first kappa shape index (κ1) is 30.5. The molecule has 3 heterocycles. The van der Waals surface area contributed by atoms with Gasteiger partial charge in [0.2, 0.25) is 0 Å². The van der Waals surface area contributed by atoms with Crippen molar-refractivity contribution in [3.8, 4) is 23.3 Å². The summed E-state index contributed by atoms with van der Waals surface area (Å²) >= 11 is 0. The summed E-state index contributed by atoms with van der Waals surface area (Å²) < 4.78 is 67.2. The molecule has 0 unspecified atom stereocenters. The highest BCUT2D eigenvalue weighted by Gasteiger charge is 2.44. The maximum absolute atomic E-state index is 14.6. The van der Waals surface area contributed by atoms with E-state index in [1.165, 1.54) is 11.7 Å². The number of imide groups is 1. The van der Waals surface area contributed by atoms with E-state index in [0.717, 1.165) is 0 Å². The highest BCUT2D eigenvalue weighted by atomic mass is 19.4. The maximum Gasteiger partial charge on any atom is 0.434 e. The van der Waals surface area contributed by atoms with E-state index in [2.05, 4.69) is 4.98 Å². The van der Waals surface area contributed by atoms with Crippen molar-refractivity contribution in [2.75, 3.05) is 18.6 Å². The van der Waals surface area contributed by atoms with Gasteiger partial charge in [-0.25, -0.2) is 14.6 Å². The van der Waals surface area contributed by atoms with Crippen LogP contribution in [0.15, 0.2) is 18.2 Å². The largest absolute Gasteiger partial charge is 0.496 e. The number of benzene rings is 1. The van der Waals surface area contributed by atoms with Crippen molar-refractivity contribution in [2.45, 2.75) is 72.3 Å². The fraction of sp³-hybridized carbons (Fsp3) is 0.448. The van der Waals surface area contributed by atoms with Crippen molar-refractivity contribution in [3.05, 3.63) is 40.7 Å². The third kappa shape index (κ3) is 5.53. The lowest BCUT2D eigenvalue weighted by Crippen LogP contribution is -2.45. The van der Waals surface area contributed by atoms with Gasteiger partial charge in [0.25, 0.3) is 0 Å². The van der Waals surface area contributed by atoms with Gasteiger partial charge < -0.3 is 18.9 Å². The van der Waals surface area contributed by atoms with Crippen molar-refractivity contribution in [1.82, 2.24) is 9.55 Å². The van der Waals surface area contributed by atoms with Crippen LogP contribution in [0.25, 0.3) is 16.6 Å². The van der Waals surface area contributed by atoms with Gasteiger partial charge in [-0.2, -0.15) is 23.3 Å². The number of carbonyl (C=O) groups is 2. The first-order valence-corrected chi connectivity index (χ1v) is 13.0. The summed E-state index contributed by atoms with van der Waals surface area (Å²) in [6.07, 6.45) is -7.46. The number of pyridine rings is 1. The third-order valence-corrected chi connectivity index (χ3v) is 6.15. The molecule has 2 amide bonds. The number of hydrogen-bond donors (Lipinski definition) is 0. The molecule has 0 N–H and O–H groups in total. The number of ether oxygens (including phenoxy) is 4. The molecule has 1 aliphatic rings. The summed E-state index contributed by atoms with van der Waals surface area (Å²) in [5, 5.41) is 9.77. The number of hydrogen-bond acceptors (Lipinski definition) is 8. The van der Waals surface area contributed by atoms with Crippen molar-refractivity contribution in [1.29, 1.82) is 5.26 Å². The number of halogens is 3. The normalized spacial score (nSPS) is 13.3. The van der Waals surface area contributed by atoms with E-state index in [1.807, 2.05) is 0 Å². The number of nitriles is 1. The highest BCUT2D eigenvalue weighted by molar-refractivity contribution is 6.14. The Hall–Kier alpha value is -4.47. The summed E-state index contributed by atoms with van der Waals surface area (Å²) in [6, 6.07) is 6.57. The lowest BCUT2D eigenvalue weighted by molar-refractivity contribution is -0.139. The van der Waals surface area contributed by atoms with E-state index in [4.69, 9.17) is 18.9 Å². The van der Waals surface area contributed by atoms with Crippen LogP contribution in [0.5, 0.6) is 11.5 Å². The molecule has 1 aromatic carbocycles. The van der Waals surface area contributed by atoms with Gasteiger partial charge in [-0.05, 0) is 60.6 Å². The number of anilines is 1. The molecule has 0 saturated heterocycles. The minimum absolute atomic E-state index is 0.00343. The van der Waals surface area contributed by atoms with Gasteiger partial charge in [0.15, 0.2) is 17.3 Å². The molecule has 0 aliphatic carbocycles. The number of nitrogens with zero attached hydrogens (tertiary/aromatic N) is 4. The minimum atomic E-state index is -5.00. The van der Waals surface area contributed by atoms with Crippen LogP contribution in [0, 0.1) is 18.3 Å². The van der Waals surface area contributed by atoms with Gasteiger partial charge in [-0.3, -0.25) is 4.57 Å². The Morgan fingerprint density at radius 3 is 2.17 bits per heavy atom. The third-order valence-electron chi connectivity index (χ3n) is 6.15. The molecule has 0 radical (unpaired) electrons. The minimum Gasteiger partial charge on any atom is -0.496 e. The smallest absolute Gasteiger partial charge is 0.434 e. The van der Waals surface area contributed by atoms with Gasteiger partial charge in [-0.1, -0.05) is 6.07 Å². The molecule has 0 fully saturated rings. The summed E-state index contributed by atoms with van der Waals surface area (Å²) in [5.41, 5.74) is -3.78. The quantitative estimate of drug-likeness (QED) is 0.326. The topological polar surface area (TPSA) is 116 Å². The van der Waals surface area contributed by atoms with Gasteiger partial charge in [0.1, 0.15) is 34.1 Å². The van der Waals surface area contributed by atoms with E-state index >= 15 is 0 Å². The molecule has 224 valence electrons. The van der Waals surface area contributed by atoms with Crippen LogP contribution in [-0.2, 0) is 22.1 Å². The second-order valence-corrected chi connectivity index (χ2v) is 11.6. The molecule has 3 aromatic rings. The van der Waals surface area contributed by atoms with Crippen molar-refractivity contribution in [2.24, 2.45) is 0 Å². The molecule has 13 heteroatoms. The van der Waals surface area contributed by atoms with E-state index in [9.17, 15) is 28.0 Å². The Bertz CT molecular complexity index is 1600. The zero-order valence-electron chi connectivity index (χ0n) is 24.5. The maximum atomic E-state index is 14.6. The van der Waals surface area contributed by atoms with Crippen LogP contribution >= 0.6 is 0 Å². The zero-order chi connectivity index (χ0) is 31.4. The zero-order valence-corrected chi connectivity index (χ0v) is 24.5. The lowest BCUT2D eigenvalue weighted by Gasteiger charge is -2.29. The number of aromatic nitrogens is 2. The predicted molar refractivity (Wildman–Crippen MR) is 146 cm³/mol. The molecule has 10 nitrogen and oxygen atoms in total. The average molecular weight is 589 g/mol. The molecule has 0 bridgehead atoms. The number of carbonyl (C=O) groups excluding carboxylic acids is 2. The summed E-state index contributed by atoms with van der Waals surface area (Å²) in [5.74, 6) is -0.164. The molecule has 0 spiro atoms. The Kier molecular flexibility index (Phi) is 7.56. The van der Waals surface area contributed by atoms with Gasteiger partial charge in [0, 0.05) is 12.0 Å². The Labute approximate surface area is 240 Å². The molecule has 0 atom stereocenters. The van der Waals surface area contributed by atoms with Crippen molar-refractivity contribution in [3.63, 3.8) is 0 Å². The average Bonchev–Trinajstić information content (AvgIpc) is 3.43. The molecular weight excluding hydrogens is 557 g/mol. The van der Waals surface area contributed by atoms with Gasteiger partial charge >= 0.3 is 18.4 Å². The molecule has 2 aromatic heterocycles. The lowest BCUT2D eigenvalue weighted by atomic mass is 10.1. The molecular formula is C29H31F3N4O6. The SMILES string of the molecule is COc1cccc(-n2c(N(C(=O)OC(C)(C)C)C(=O)OC(C)(C)C)c(C#N)c3c(C(F)(F)F)nc4c(c32)OCC4)c1C. The molecule has 4 rings (SSSR count). The van der Waals surface area contributed by atoms with Gasteiger partial charge in [0.05, 0.1) is 30.5 Å². The van der Waals surface area contributed by atoms with E-state index < -0.39 is 52.0 Å². The fourth-order valence-electron chi connectivity index (χ4n) is 4.64. The van der Waals surface area contributed by atoms with Crippen LogP contribution < -0.4 is 14.4 Å². The summed E-state index contributed by atoms with van der Waals surface area (Å²) in [7, 11) is 1.42. The van der Waals surface area contributed by atoms with E-state index in [1.54, 1.807) is 72.7 Å². The number of alkyl halides is 3. The number of amides is 2. The Morgan fingerprint density at radius 1 is 1.07 bits per heavy atom. The Morgan fingerprint density at radius 2 is 1.67 bits per heavy atom. The molecule has 0 saturated carbocycles. The highest BCUT2D eigenvalue weighted by Crippen LogP contribution is 2.48.